The quantitative estimate of drug-likeness (QED) is 0.918. The van der Waals surface area contributed by atoms with Crippen LogP contribution in [-0.4, -0.2) is 31.8 Å². The molecule has 0 aliphatic carbocycles. The van der Waals surface area contributed by atoms with Gasteiger partial charge in [-0.05, 0) is 37.5 Å². The molecule has 1 saturated heterocycles. The summed E-state index contributed by atoms with van der Waals surface area (Å²) in [6.07, 6.45) is 2.56. The largest absolute Gasteiger partial charge is 0.336 e. The predicted molar refractivity (Wildman–Crippen MR) is 72.1 cm³/mol. The standard InChI is InChI=1S/C13H17FN2O3S/c1-2-9-4-3-7-16(9)13(17)11-8-10(20(15,18)19)5-6-12(11)14/h5-6,8-9H,2-4,7H2,1H3,(H2,15,18,19). The van der Waals surface area contributed by atoms with Crippen molar-refractivity contribution in [2.24, 2.45) is 5.14 Å². The van der Waals surface area contributed by atoms with Crippen LogP contribution in [0, 0.1) is 5.82 Å². The minimum Gasteiger partial charge on any atom is -0.336 e. The highest BCUT2D eigenvalue weighted by atomic mass is 32.2. The Kier molecular flexibility index (Phi) is 4.10. The molecule has 1 aliphatic heterocycles. The van der Waals surface area contributed by atoms with Gasteiger partial charge in [0.05, 0.1) is 10.5 Å². The average Bonchev–Trinajstić information content (AvgIpc) is 2.85. The number of carbonyl (C=O) groups excluding carboxylic acids is 1. The monoisotopic (exact) mass is 300 g/mol. The molecule has 0 aromatic heterocycles. The Morgan fingerprint density at radius 2 is 2.20 bits per heavy atom. The molecule has 2 rings (SSSR count). The molecule has 1 fully saturated rings. The van der Waals surface area contributed by atoms with Crippen LogP contribution in [0.4, 0.5) is 4.39 Å². The van der Waals surface area contributed by atoms with Crippen molar-refractivity contribution >= 4 is 15.9 Å². The summed E-state index contributed by atoms with van der Waals surface area (Å²) in [4.78, 5) is 13.7. The molecule has 0 saturated carbocycles. The first kappa shape index (κ1) is 14.9. The van der Waals surface area contributed by atoms with E-state index in [9.17, 15) is 17.6 Å². The first-order valence-electron chi connectivity index (χ1n) is 6.48. The summed E-state index contributed by atoms with van der Waals surface area (Å²) < 4.78 is 36.4. The normalized spacial score (nSPS) is 19.4. The zero-order valence-electron chi connectivity index (χ0n) is 11.2. The maximum absolute atomic E-state index is 13.8. The van der Waals surface area contributed by atoms with Gasteiger partial charge in [0.1, 0.15) is 5.82 Å². The van der Waals surface area contributed by atoms with Gasteiger partial charge in [0.2, 0.25) is 10.0 Å². The fraction of sp³-hybridized carbons (Fsp3) is 0.462. The molecule has 1 heterocycles. The van der Waals surface area contributed by atoms with Crippen molar-refractivity contribution in [3.8, 4) is 0 Å². The lowest BCUT2D eigenvalue weighted by atomic mass is 10.1. The minimum atomic E-state index is -3.96. The molecule has 1 aromatic rings. The van der Waals surface area contributed by atoms with Crippen LogP contribution in [-0.2, 0) is 10.0 Å². The van der Waals surface area contributed by atoms with Crippen molar-refractivity contribution in [1.82, 2.24) is 4.90 Å². The molecular formula is C13H17FN2O3S. The molecule has 20 heavy (non-hydrogen) atoms. The van der Waals surface area contributed by atoms with Gasteiger partial charge in [0.15, 0.2) is 0 Å². The smallest absolute Gasteiger partial charge is 0.257 e. The maximum Gasteiger partial charge on any atom is 0.257 e. The summed E-state index contributed by atoms with van der Waals surface area (Å²) in [5.74, 6) is -1.21. The summed E-state index contributed by atoms with van der Waals surface area (Å²) >= 11 is 0. The van der Waals surface area contributed by atoms with E-state index in [1.165, 1.54) is 0 Å². The van der Waals surface area contributed by atoms with E-state index < -0.39 is 21.7 Å². The van der Waals surface area contributed by atoms with E-state index in [1.54, 1.807) is 4.90 Å². The molecule has 0 radical (unpaired) electrons. The first-order valence-corrected chi connectivity index (χ1v) is 8.02. The van der Waals surface area contributed by atoms with E-state index in [4.69, 9.17) is 5.14 Å². The fourth-order valence-electron chi connectivity index (χ4n) is 2.53. The van der Waals surface area contributed by atoms with Crippen LogP contribution in [0.1, 0.15) is 36.5 Å². The SMILES string of the molecule is CCC1CCCN1C(=O)c1cc(S(N)(=O)=O)ccc1F. The lowest BCUT2D eigenvalue weighted by Gasteiger charge is -2.24. The molecule has 1 aromatic carbocycles. The van der Waals surface area contributed by atoms with E-state index in [0.717, 1.165) is 37.5 Å². The highest BCUT2D eigenvalue weighted by Crippen LogP contribution is 2.24. The van der Waals surface area contributed by atoms with Gasteiger partial charge in [-0.3, -0.25) is 4.79 Å². The van der Waals surface area contributed by atoms with Crippen LogP contribution in [0.3, 0.4) is 0 Å². The van der Waals surface area contributed by atoms with Gasteiger partial charge in [-0.25, -0.2) is 17.9 Å². The van der Waals surface area contributed by atoms with E-state index in [0.29, 0.717) is 6.54 Å². The van der Waals surface area contributed by atoms with Crippen LogP contribution in [0.25, 0.3) is 0 Å². The first-order chi connectivity index (χ1) is 9.34. The number of hydrogen-bond acceptors (Lipinski definition) is 3. The fourth-order valence-corrected chi connectivity index (χ4v) is 3.07. The van der Waals surface area contributed by atoms with Gasteiger partial charge in [0, 0.05) is 12.6 Å². The summed E-state index contributed by atoms with van der Waals surface area (Å²) in [7, 11) is -3.96. The van der Waals surface area contributed by atoms with E-state index in [-0.39, 0.29) is 16.5 Å². The number of nitrogens with two attached hydrogens (primary N) is 1. The zero-order valence-corrected chi connectivity index (χ0v) is 12.0. The van der Waals surface area contributed by atoms with Crippen LogP contribution in [0.15, 0.2) is 23.1 Å². The number of halogens is 1. The number of likely N-dealkylation sites (tertiary alicyclic amines) is 1. The van der Waals surface area contributed by atoms with E-state index in [1.807, 2.05) is 6.92 Å². The third-order valence-corrected chi connectivity index (χ3v) is 4.52. The van der Waals surface area contributed by atoms with Crippen molar-refractivity contribution < 1.29 is 17.6 Å². The van der Waals surface area contributed by atoms with Crippen molar-refractivity contribution in [2.75, 3.05) is 6.54 Å². The van der Waals surface area contributed by atoms with Crippen molar-refractivity contribution in [1.29, 1.82) is 0 Å². The number of primary sulfonamides is 1. The lowest BCUT2D eigenvalue weighted by Crippen LogP contribution is -2.35. The number of hydrogen-bond donors (Lipinski definition) is 1. The Hall–Kier alpha value is -1.47. The van der Waals surface area contributed by atoms with Gasteiger partial charge in [-0.2, -0.15) is 0 Å². The molecule has 2 N–H and O–H groups in total. The molecule has 1 unspecified atom stereocenters. The Balaban J connectivity index is 2.39. The Morgan fingerprint density at radius 3 is 2.80 bits per heavy atom. The predicted octanol–water partition coefficient (Wildman–Crippen LogP) is 1.49. The lowest BCUT2D eigenvalue weighted by molar-refractivity contribution is 0.0728. The second-order valence-electron chi connectivity index (χ2n) is 4.89. The van der Waals surface area contributed by atoms with Crippen molar-refractivity contribution in [3.63, 3.8) is 0 Å². The highest BCUT2D eigenvalue weighted by Gasteiger charge is 2.30. The molecule has 5 nitrogen and oxygen atoms in total. The minimum absolute atomic E-state index is 0.0834. The van der Waals surface area contributed by atoms with Gasteiger partial charge in [-0.1, -0.05) is 6.92 Å². The molecule has 1 amide bonds. The number of nitrogens with zero attached hydrogens (tertiary/aromatic N) is 1. The van der Waals surface area contributed by atoms with Crippen molar-refractivity contribution in [2.45, 2.75) is 37.1 Å². The van der Waals surface area contributed by atoms with Crippen LogP contribution in [0.5, 0.6) is 0 Å². The summed E-state index contributed by atoms with van der Waals surface area (Å²) in [5, 5.41) is 5.01. The number of rotatable bonds is 3. The summed E-state index contributed by atoms with van der Waals surface area (Å²) in [5.41, 5.74) is -0.239. The molecule has 0 spiro atoms. The van der Waals surface area contributed by atoms with Gasteiger partial charge < -0.3 is 4.90 Å². The summed E-state index contributed by atoms with van der Waals surface area (Å²) in [6, 6.07) is 3.12. The van der Waals surface area contributed by atoms with E-state index >= 15 is 0 Å². The number of carbonyl (C=O) groups is 1. The second-order valence-corrected chi connectivity index (χ2v) is 6.45. The number of amides is 1. The molecule has 0 bridgehead atoms. The third kappa shape index (κ3) is 2.83. The maximum atomic E-state index is 13.8. The van der Waals surface area contributed by atoms with Crippen LogP contribution in [0.2, 0.25) is 0 Å². The average molecular weight is 300 g/mol. The molecule has 7 heteroatoms. The Labute approximate surface area is 117 Å². The number of sulfonamides is 1. The van der Waals surface area contributed by atoms with Crippen LogP contribution >= 0.6 is 0 Å². The molecule has 110 valence electrons. The van der Waals surface area contributed by atoms with Gasteiger partial charge >= 0.3 is 0 Å². The highest BCUT2D eigenvalue weighted by molar-refractivity contribution is 7.89. The van der Waals surface area contributed by atoms with Gasteiger partial charge in [0.25, 0.3) is 5.91 Å². The third-order valence-electron chi connectivity index (χ3n) is 3.61. The molecule has 1 atom stereocenters. The molecular weight excluding hydrogens is 283 g/mol. The van der Waals surface area contributed by atoms with Crippen molar-refractivity contribution in [3.05, 3.63) is 29.6 Å². The van der Waals surface area contributed by atoms with E-state index in [2.05, 4.69) is 0 Å². The molecule has 1 aliphatic rings. The Bertz CT molecular complexity index is 631. The van der Waals surface area contributed by atoms with Gasteiger partial charge in [-0.15, -0.1) is 0 Å². The summed E-state index contributed by atoms with van der Waals surface area (Å²) in [6.45, 7) is 2.53. The Morgan fingerprint density at radius 1 is 1.50 bits per heavy atom. The second kappa shape index (κ2) is 5.49. The number of benzene rings is 1. The topological polar surface area (TPSA) is 80.5 Å². The zero-order chi connectivity index (χ0) is 14.9. The van der Waals surface area contributed by atoms with Crippen LogP contribution < -0.4 is 5.14 Å².